The first-order valence-electron chi connectivity index (χ1n) is 7.23. The number of nitrogens with zero attached hydrogens (tertiary/aromatic N) is 2. The Hall–Kier alpha value is -2.05. The van der Waals surface area contributed by atoms with Crippen LogP contribution in [0.15, 0.2) is 65.1 Å². The zero-order valence-corrected chi connectivity index (χ0v) is 14.3. The number of nitrogens with one attached hydrogen (secondary N) is 1. The van der Waals surface area contributed by atoms with Crippen LogP contribution in [0.2, 0.25) is 0 Å². The van der Waals surface area contributed by atoms with Gasteiger partial charge in [0.2, 0.25) is 0 Å². The highest BCUT2D eigenvalue weighted by Gasteiger charge is 2.17. The lowest BCUT2D eigenvalue weighted by Gasteiger charge is -2.17. The van der Waals surface area contributed by atoms with Crippen molar-refractivity contribution in [3.8, 4) is 0 Å². The fraction of sp³-hybridized carbons (Fsp3) is 0.176. The molecule has 1 atom stereocenters. The molecule has 1 aromatic carbocycles. The zero-order chi connectivity index (χ0) is 16.1. The number of hydrogen-bond acceptors (Lipinski definition) is 4. The monoisotopic (exact) mass is 343 g/mol. The summed E-state index contributed by atoms with van der Waals surface area (Å²) in [7, 11) is 0. The molecule has 0 saturated carbocycles. The molecule has 23 heavy (non-hydrogen) atoms. The maximum absolute atomic E-state index is 12.5. The lowest BCUT2D eigenvalue weighted by Crippen LogP contribution is -2.31. The molecule has 0 aliphatic carbocycles. The molecule has 1 N–H and O–H groups in total. The van der Waals surface area contributed by atoms with Gasteiger partial charge in [-0.25, -0.2) is 0 Å². The predicted molar refractivity (Wildman–Crippen MR) is 95.2 cm³/mol. The number of amides is 1. The third-order valence-electron chi connectivity index (χ3n) is 3.52. The quantitative estimate of drug-likeness (QED) is 0.695. The van der Waals surface area contributed by atoms with Crippen LogP contribution in [0.5, 0.6) is 0 Å². The third-order valence-corrected chi connectivity index (χ3v) is 5.29. The van der Waals surface area contributed by atoms with E-state index in [0.29, 0.717) is 12.1 Å². The first-order chi connectivity index (χ1) is 11.3. The highest BCUT2D eigenvalue weighted by Crippen LogP contribution is 2.23. The van der Waals surface area contributed by atoms with Crippen molar-refractivity contribution >= 4 is 29.0 Å². The van der Waals surface area contributed by atoms with Gasteiger partial charge in [-0.15, -0.1) is 23.1 Å². The normalized spacial score (nSPS) is 12.0. The summed E-state index contributed by atoms with van der Waals surface area (Å²) in [6.07, 6.45) is 5.65. The summed E-state index contributed by atoms with van der Waals surface area (Å²) in [6, 6.07) is 13.6. The summed E-state index contributed by atoms with van der Waals surface area (Å²) in [5, 5.41) is 9.41. The van der Waals surface area contributed by atoms with Gasteiger partial charge in [-0.3, -0.25) is 9.48 Å². The fourth-order valence-corrected chi connectivity index (χ4v) is 3.80. The molecule has 2 heterocycles. The van der Waals surface area contributed by atoms with Gasteiger partial charge in [-0.05, 0) is 35.9 Å². The molecule has 2 aromatic heterocycles. The van der Waals surface area contributed by atoms with Crippen molar-refractivity contribution in [3.05, 3.63) is 70.7 Å². The molecule has 3 rings (SSSR count). The van der Waals surface area contributed by atoms with Crippen LogP contribution in [0, 0.1) is 0 Å². The fourth-order valence-electron chi connectivity index (χ4n) is 2.39. The number of carbonyl (C=O) groups is 1. The first kappa shape index (κ1) is 15.8. The Balaban J connectivity index is 1.76. The number of thioether (sulfide) groups is 1. The molecule has 0 bridgehead atoms. The molecular formula is C17H17N3OS2. The topological polar surface area (TPSA) is 46.9 Å². The van der Waals surface area contributed by atoms with Crippen molar-refractivity contribution in [2.75, 3.05) is 12.8 Å². The Morgan fingerprint density at radius 1 is 1.30 bits per heavy atom. The lowest BCUT2D eigenvalue weighted by atomic mass is 10.2. The minimum Gasteiger partial charge on any atom is -0.349 e. The van der Waals surface area contributed by atoms with Crippen LogP contribution in [-0.4, -0.2) is 28.5 Å². The van der Waals surface area contributed by atoms with Gasteiger partial charge in [0.25, 0.3) is 5.91 Å². The third kappa shape index (κ3) is 3.65. The van der Waals surface area contributed by atoms with Crippen molar-refractivity contribution in [2.24, 2.45) is 0 Å². The van der Waals surface area contributed by atoms with Gasteiger partial charge in [0, 0.05) is 28.7 Å². The van der Waals surface area contributed by atoms with Crippen molar-refractivity contribution in [1.82, 2.24) is 15.1 Å². The van der Waals surface area contributed by atoms with Gasteiger partial charge in [0.15, 0.2) is 0 Å². The van der Waals surface area contributed by atoms with E-state index < -0.39 is 0 Å². The van der Waals surface area contributed by atoms with Crippen LogP contribution in [0.1, 0.15) is 21.3 Å². The first-order valence-corrected chi connectivity index (χ1v) is 9.34. The Morgan fingerprint density at radius 3 is 2.87 bits per heavy atom. The highest BCUT2D eigenvalue weighted by molar-refractivity contribution is 7.98. The van der Waals surface area contributed by atoms with Crippen molar-refractivity contribution < 1.29 is 4.79 Å². The van der Waals surface area contributed by atoms with Crippen LogP contribution in [0.25, 0.3) is 0 Å². The molecule has 3 aromatic rings. The molecule has 0 radical (unpaired) electrons. The number of carbonyl (C=O) groups excluding carboxylic acids is 1. The van der Waals surface area contributed by atoms with E-state index in [9.17, 15) is 4.79 Å². The number of aromatic nitrogens is 2. The number of benzene rings is 1. The van der Waals surface area contributed by atoms with Gasteiger partial charge in [-0.2, -0.15) is 5.10 Å². The SMILES string of the molecule is CSc1ccccc1C(=O)NCC(c1cccs1)n1cccn1. The molecular weight excluding hydrogens is 326 g/mol. The maximum atomic E-state index is 12.5. The van der Waals surface area contributed by atoms with E-state index in [4.69, 9.17) is 0 Å². The molecule has 118 valence electrons. The number of thiophene rings is 1. The summed E-state index contributed by atoms with van der Waals surface area (Å²) >= 11 is 3.25. The van der Waals surface area contributed by atoms with Gasteiger partial charge in [0.1, 0.15) is 6.04 Å². The van der Waals surface area contributed by atoms with E-state index in [2.05, 4.69) is 16.5 Å². The van der Waals surface area contributed by atoms with Crippen molar-refractivity contribution in [2.45, 2.75) is 10.9 Å². The zero-order valence-electron chi connectivity index (χ0n) is 12.7. The minimum atomic E-state index is -0.0522. The molecule has 1 unspecified atom stereocenters. The average molecular weight is 343 g/mol. The highest BCUT2D eigenvalue weighted by atomic mass is 32.2. The maximum Gasteiger partial charge on any atom is 0.252 e. The second kappa shape index (κ2) is 7.48. The molecule has 0 aliphatic heterocycles. The van der Waals surface area contributed by atoms with Crippen LogP contribution in [-0.2, 0) is 0 Å². The number of rotatable bonds is 6. The predicted octanol–water partition coefficient (Wildman–Crippen LogP) is 3.69. The summed E-state index contributed by atoms with van der Waals surface area (Å²) in [4.78, 5) is 14.7. The van der Waals surface area contributed by atoms with E-state index in [1.807, 2.05) is 58.9 Å². The van der Waals surface area contributed by atoms with Gasteiger partial charge >= 0.3 is 0 Å². The lowest BCUT2D eigenvalue weighted by molar-refractivity contribution is 0.0946. The minimum absolute atomic E-state index is 0.00962. The average Bonchev–Trinajstić information content (AvgIpc) is 3.29. The summed E-state index contributed by atoms with van der Waals surface area (Å²) < 4.78 is 1.88. The summed E-state index contributed by atoms with van der Waals surface area (Å²) in [6.45, 7) is 0.504. The number of hydrogen-bond donors (Lipinski definition) is 1. The van der Waals surface area contributed by atoms with Gasteiger partial charge < -0.3 is 5.32 Å². The van der Waals surface area contributed by atoms with E-state index >= 15 is 0 Å². The second-order valence-electron chi connectivity index (χ2n) is 4.93. The summed E-state index contributed by atoms with van der Waals surface area (Å²) in [5.74, 6) is -0.0522. The second-order valence-corrected chi connectivity index (χ2v) is 6.75. The van der Waals surface area contributed by atoms with Crippen molar-refractivity contribution in [3.63, 3.8) is 0 Å². The smallest absolute Gasteiger partial charge is 0.252 e. The van der Waals surface area contributed by atoms with Gasteiger partial charge in [0.05, 0.1) is 5.56 Å². The molecule has 0 aliphatic rings. The Bertz CT molecular complexity index is 720. The molecule has 0 fully saturated rings. The largest absolute Gasteiger partial charge is 0.349 e. The summed E-state index contributed by atoms with van der Waals surface area (Å²) in [5.41, 5.74) is 0.713. The van der Waals surface area contributed by atoms with E-state index in [1.165, 1.54) is 4.88 Å². The molecule has 0 spiro atoms. The Labute approximate surface area is 143 Å². The van der Waals surface area contributed by atoms with E-state index in [0.717, 1.165) is 4.90 Å². The van der Waals surface area contributed by atoms with Crippen LogP contribution in [0.3, 0.4) is 0 Å². The van der Waals surface area contributed by atoms with E-state index in [1.54, 1.807) is 29.3 Å². The molecule has 4 nitrogen and oxygen atoms in total. The van der Waals surface area contributed by atoms with Crippen LogP contribution >= 0.6 is 23.1 Å². The van der Waals surface area contributed by atoms with Crippen LogP contribution in [0.4, 0.5) is 0 Å². The van der Waals surface area contributed by atoms with Gasteiger partial charge in [-0.1, -0.05) is 18.2 Å². The molecule has 6 heteroatoms. The standard InChI is InChI=1S/C17H17N3OS2/c1-22-15-7-3-2-6-13(15)17(21)18-12-14(16-8-4-11-23-16)20-10-5-9-19-20/h2-11,14H,12H2,1H3,(H,18,21). The van der Waals surface area contributed by atoms with Crippen LogP contribution < -0.4 is 5.32 Å². The Kier molecular flexibility index (Phi) is 5.15. The Morgan fingerprint density at radius 2 is 2.17 bits per heavy atom. The molecule has 1 amide bonds. The molecule has 0 saturated heterocycles. The van der Waals surface area contributed by atoms with Crippen molar-refractivity contribution in [1.29, 1.82) is 0 Å². The van der Waals surface area contributed by atoms with E-state index in [-0.39, 0.29) is 11.9 Å².